The van der Waals surface area contributed by atoms with Gasteiger partial charge in [-0.05, 0) is 38.7 Å². The number of aliphatic imine (C=N–C) groups is 1. The summed E-state index contributed by atoms with van der Waals surface area (Å²) in [6, 6.07) is 0. The van der Waals surface area contributed by atoms with Crippen LogP contribution in [0.25, 0.3) is 0 Å². The fraction of sp³-hybridized carbons (Fsp3) is 0.667. The molecule has 0 aromatic heterocycles. The van der Waals surface area contributed by atoms with Gasteiger partial charge in [0.2, 0.25) is 0 Å². The predicted molar refractivity (Wildman–Crippen MR) is 117 cm³/mol. The zero-order valence-electron chi connectivity index (χ0n) is 16.9. The molecule has 0 aromatic carbocycles. The van der Waals surface area contributed by atoms with Gasteiger partial charge in [-0.2, -0.15) is 5.10 Å². The molecule has 27 heavy (non-hydrogen) atoms. The van der Waals surface area contributed by atoms with Gasteiger partial charge in [0.05, 0.1) is 6.10 Å². The Morgan fingerprint density at radius 2 is 2.04 bits per heavy atom. The average Bonchev–Trinajstić information content (AvgIpc) is 2.68. The number of aliphatic hydroxyl groups excluding tert-OH is 1. The van der Waals surface area contributed by atoms with Crippen LogP contribution in [0, 0.1) is 0 Å². The Kier molecular flexibility index (Phi) is 16.4. The Bertz CT molecular complexity index is 500. The maximum absolute atomic E-state index is 9.92. The molecule has 2 heterocycles. The molecule has 2 rings (SSSR count). The Hall–Kier alpha value is -1.95. The lowest BCUT2D eigenvalue weighted by atomic mass is 10.1. The maximum Gasteiger partial charge on any atom is 0.151 e. The summed E-state index contributed by atoms with van der Waals surface area (Å²) in [7, 11) is 0. The number of allylic oxidation sites excluding steroid dienone is 2. The molecule has 0 aromatic rings. The molecule has 1 unspecified atom stereocenters. The topological polar surface area (TPSA) is 68.5 Å². The van der Waals surface area contributed by atoms with Gasteiger partial charge in [-0.3, -0.25) is 0 Å². The fourth-order valence-electron chi connectivity index (χ4n) is 2.92. The van der Waals surface area contributed by atoms with Crippen LogP contribution in [0.15, 0.2) is 33.9 Å². The van der Waals surface area contributed by atoms with Gasteiger partial charge in [-0.25, -0.2) is 10.0 Å². The third kappa shape index (κ3) is 9.00. The van der Waals surface area contributed by atoms with E-state index < -0.39 is 0 Å². The van der Waals surface area contributed by atoms with Gasteiger partial charge < -0.3 is 14.8 Å². The summed E-state index contributed by atoms with van der Waals surface area (Å²) >= 11 is 0. The van der Waals surface area contributed by atoms with Crippen LogP contribution < -0.4 is 0 Å². The number of carbonyl (C=O) groups is 1. The van der Waals surface area contributed by atoms with E-state index in [2.05, 4.69) is 34.7 Å². The lowest BCUT2D eigenvalue weighted by Crippen LogP contribution is -2.42. The number of piperidine rings is 1. The van der Waals surface area contributed by atoms with E-state index in [1.807, 2.05) is 33.6 Å². The molecule has 1 N–H and O–H groups in total. The van der Waals surface area contributed by atoms with E-state index in [4.69, 9.17) is 4.79 Å². The van der Waals surface area contributed by atoms with Crippen LogP contribution in [0.1, 0.15) is 73.6 Å². The van der Waals surface area contributed by atoms with Crippen molar-refractivity contribution in [1.82, 2.24) is 9.91 Å². The molecule has 1 saturated heterocycles. The summed E-state index contributed by atoms with van der Waals surface area (Å²) in [5, 5.41) is 15.9. The van der Waals surface area contributed by atoms with Gasteiger partial charge >= 0.3 is 0 Å². The van der Waals surface area contributed by atoms with Crippen LogP contribution in [-0.4, -0.2) is 53.4 Å². The fourth-order valence-corrected chi connectivity index (χ4v) is 2.92. The molecule has 0 bridgehead atoms. The summed E-state index contributed by atoms with van der Waals surface area (Å²) in [6.45, 7) is 15.5. The van der Waals surface area contributed by atoms with Crippen molar-refractivity contribution >= 4 is 19.2 Å². The molecule has 0 radical (unpaired) electrons. The first-order valence-electron chi connectivity index (χ1n) is 9.61. The zero-order valence-corrected chi connectivity index (χ0v) is 16.9. The monoisotopic (exact) mass is 380 g/mol. The van der Waals surface area contributed by atoms with Crippen molar-refractivity contribution in [1.29, 1.82) is 0 Å². The first-order chi connectivity index (χ1) is 12.7. The number of hydrogen-bond acceptors (Lipinski definition) is 6. The third-order valence-corrected chi connectivity index (χ3v) is 4.06. The van der Waals surface area contributed by atoms with Crippen molar-refractivity contribution in [2.45, 2.75) is 79.8 Å². The number of hydrogen-bond donors (Lipinski definition) is 1. The van der Waals surface area contributed by atoms with Crippen molar-refractivity contribution in [2.24, 2.45) is 10.1 Å². The largest absolute Gasteiger partial charge is 0.391 e. The first-order valence-corrected chi connectivity index (χ1v) is 9.61. The lowest BCUT2D eigenvalue weighted by Gasteiger charge is -2.38. The molecular formula is C21H40N4O2. The van der Waals surface area contributed by atoms with Crippen LogP contribution in [-0.2, 0) is 4.79 Å². The van der Waals surface area contributed by atoms with E-state index >= 15 is 0 Å². The molecule has 0 spiro atoms. The Balaban J connectivity index is 0. The molecule has 0 aliphatic carbocycles. The second-order valence-corrected chi connectivity index (χ2v) is 6.01. The van der Waals surface area contributed by atoms with Crippen molar-refractivity contribution in [2.75, 3.05) is 13.1 Å². The summed E-state index contributed by atoms with van der Waals surface area (Å²) < 4.78 is 0. The van der Waals surface area contributed by atoms with Crippen LogP contribution >= 0.6 is 0 Å². The molecule has 2 aliphatic heterocycles. The number of hydrazone groups is 1. The Morgan fingerprint density at radius 3 is 2.59 bits per heavy atom. The lowest BCUT2D eigenvalue weighted by molar-refractivity contribution is -0.0979. The zero-order chi connectivity index (χ0) is 19.9. The van der Waals surface area contributed by atoms with Crippen molar-refractivity contribution in [3.05, 3.63) is 23.8 Å². The van der Waals surface area contributed by atoms with Crippen LogP contribution in [0.3, 0.4) is 0 Å². The van der Waals surface area contributed by atoms with Crippen molar-refractivity contribution in [3.8, 4) is 0 Å². The van der Waals surface area contributed by atoms with Gasteiger partial charge in [0.25, 0.3) is 0 Å². The average molecular weight is 381 g/mol. The van der Waals surface area contributed by atoms with Gasteiger partial charge in [0.1, 0.15) is 12.6 Å². The summed E-state index contributed by atoms with van der Waals surface area (Å²) in [4.78, 5) is 14.8. The molecular weight excluding hydrogens is 340 g/mol. The number of β-amino-alcohol motifs (C(OH)–C–C–N with tert-alkyl or cyclic N) is 1. The normalized spacial score (nSPS) is 20.2. The van der Waals surface area contributed by atoms with Gasteiger partial charge in [-0.15, -0.1) is 0 Å². The second-order valence-electron chi connectivity index (χ2n) is 6.01. The molecule has 6 nitrogen and oxygen atoms in total. The van der Waals surface area contributed by atoms with Gasteiger partial charge in [0, 0.05) is 31.6 Å². The van der Waals surface area contributed by atoms with Crippen LogP contribution in [0.5, 0.6) is 0 Å². The molecule has 6 heteroatoms. The van der Waals surface area contributed by atoms with E-state index in [1.54, 1.807) is 5.01 Å². The molecule has 1 fully saturated rings. The minimum Gasteiger partial charge on any atom is -0.391 e. The van der Waals surface area contributed by atoms with Crippen molar-refractivity contribution in [3.63, 3.8) is 0 Å². The highest BCUT2D eigenvalue weighted by atomic mass is 16.3. The summed E-state index contributed by atoms with van der Waals surface area (Å²) in [5.74, 6) is 1.82. The predicted octanol–water partition coefficient (Wildman–Crippen LogP) is 4.58. The number of likely N-dealkylation sites (tertiary alicyclic amines) is 1. The second kappa shape index (κ2) is 16.2. The maximum atomic E-state index is 9.92. The molecule has 156 valence electrons. The Labute approximate surface area is 166 Å². The van der Waals surface area contributed by atoms with Crippen molar-refractivity contribution < 1.29 is 9.90 Å². The highest BCUT2D eigenvalue weighted by Crippen LogP contribution is 2.26. The highest BCUT2D eigenvalue weighted by Gasteiger charge is 2.26. The van der Waals surface area contributed by atoms with Crippen LogP contribution in [0.4, 0.5) is 0 Å². The van der Waals surface area contributed by atoms with Crippen LogP contribution in [0.2, 0.25) is 0 Å². The summed E-state index contributed by atoms with van der Waals surface area (Å²) in [6.07, 6.45) is 10.4. The smallest absolute Gasteiger partial charge is 0.151 e. The van der Waals surface area contributed by atoms with E-state index in [0.717, 1.165) is 43.2 Å². The number of rotatable bonds is 6. The number of carbonyl (C=O) groups excluding carboxylic acids is 1. The van der Waals surface area contributed by atoms with E-state index in [-0.39, 0.29) is 13.5 Å². The molecule has 2 aliphatic rings. The number of unbranched alkanes of at least 4 members (excludes halogenated alkanes) is 3. The SMILES string of the molecule is C.C=NN1C(N2CCCC(O)C2)=CC(C)=N/C1=C/CCCCC.C=O.CC. The first kappa shape index (κ1) is 27.3. The van der Waals surface area contributed by atoms with E-state index in [9.17, 15) is 5.11 Å². The van der Waals surface area contributed by atoms with E-state index in [0.29, 0.717) is 6.54 Å². The highest BCUT2D eigenvalue weighted by molar-refractivity contribution is 5.94. The number of aliphatic hydroxyl groups is 1. The molecule has 1 atom stereocenters. The Morgan fingerprint density at radius 1 is 1.37 bits per heavy atom. The summed E-state index contributed by atoms with van der Waals surface area (Å²) in [5.41, 5.74) is 0.969. The van der Waals surface area contributed by atoms with E-state index in [1.165, 1.54) is 19.3 Å². The third-order valence-electron chi connectivity index (χ3n) is 4.06. The minimum atomic E-state index is -0.266. The van der Waals surface area contributed by atoms with Gasteiger partial charge in [-0.1, -0.05) is 41.0 Å². The quantitative estimate of drug-likeness (QED) is 0.541. The minimum absolute atomic E-state index is 0. The van der Waals surface area contributed by atoms with Gasteiger partial charge in [0.15, 0.2) is 5.82 Å². The molecule has 0 amide bonds. The standard InChI is InChI=1S/C17H28N4O.C2H6.CH2O.CH4/c1-4-5-6-7-10-16-19-14(2)12-17(21(16)18-3)20-11-8-9-15(22)13-20;2*1-2;/h10,12,15,22H,3-9,11,13H2,1-2H3;1-2H3;1H2;1H4/b16-10-;;;. The number of nitrogens with zero attached hydrogens (tertiary/aromatic N) is 4. The molecule has 0 saturated carbocycles.